The number of carbonyl (C=O) groups excluding carboxylic acids is 2. The van der Waals surface area contributed by atoms with Gasteiger partial charge in [-0.1, -0.05) is 30.4 Å². The molecule has 0 unspecified atom stereocenters. The lowest BCUT2D eigenvalue weighted by molar-refractivity contribution is -0.126. The zero-order valence-corrected chi connectivity index (χ0v) is 15.8. The van der Waals surface area contributed by atoms with Gasteiger partial charge in [-0.2, -0.15) is 5.10 Å². The minimum Gasteiger partial charge on any atom is -0.490 e. The van der Waals surface area contributed by atoms with E-state index in [-0.39, 0.29) is 18.2 Å². The molecule has 1 saturated heterocycles. The minimum atomic E-state index is -0.416. The van der Waals surface area contributed by atoms with E-state index in [9.17, 15) is 9.59 Å². The van der Waals surface area contributed by atoms with Crippen LogP contribution in [0.15, 0.2) is 66.3 Å². The quantitative estimate of drug-likeness (QED) is 0.458. The van der Waals surface area contributed by atoms with Crippen molar-refractivity contribution in [2.75, 3.05) is 18.1 Å². The Morgan fingerprint density at radius 3 is 2.64 bits per heavy atom. The molecule has 1 heterocycles. The molecule has 2 amide bonds. The number of hydrazone groups is 1. The predicted molar refractivity (Wildman–Crippen MR) is 110 cm³/mol. The maximum atomic E-state index is 12.4. The van der Waals surface area contributed by atoms with Crippen LogP contribution in [0.2, 0.25) is 0 Å². The number of amides is 2. The molecule has 0 bridgehead atoms. The van der Waals surface area contributed by atoms with Crippen molar-refractivity contribution in [1.29, 1.82) is 0 Å². The number of anilines is 1. The molecule has 6 heteroatoms. The first kappa shape index (κ1) is 19.4. The number of rotatable bonds is 7. The first-order valence-electron chi connectivity index (χ1n) is 9.10. The Labute approximate surface area is 164 Å². The van der Waals surface area contributed by atoms with Gasteiger partial charge in [-0.25, -0.2) is 5.43 Å². The maximum Gasteiger partial charge on any atom is 0.245 e. The molecule has 144 valence electrons. The van der Waals surface area contributed by atoms with Crippen molar-refractivity contribution < 1.29 is 14.3 Å². The van der Waals surface area contributed by atoms with Gasteiger partial charge in [-0.15, -0.1) is 0 Å². The van der Waals surface area contributed by atoms with Gasteiger partial charge in [0, 0.05) is 18.7 Å². The normalized spacial score (nSPS) is 16.4. The molecule has 2 aromatic carbocycles. The third-order valence-electron chi connectivity index (χ3n) is 4.48. The first-order valence-corrected chi connectivity index (χ1v) is 9.10. The van der Waals surface area contributed by atoms with Gasteiger partial charge in [0.2, 0.25) is 11.8 Å². The fraction of sp³-hybridized carbons (Fsp3) is 0.227. The molecule has 28 heavy (non-hydrogen) atoms. The van der Waals surface area contributed by atoms with Gasteiger partial charge in [-0.05, 0) is 48.9 Å². The Kier molecular flexibility index (Phi) is 6.22. The van der Waals surface area contributed by atoms with Gasteiger partial charge in [0.15, 0.2) is 0 Å². The summed E-state index contributed by atoms with van der Waals surface area (Å²) in [6.07, 6.45) is 3.42. The highest BCUT2D eigenvalue weighted by Gasteiger charge is 2.35. The van der Waals surface area contributed by atoms with Crippen LogP contribution in [0.1, 0.15) is 17.5 Å². The summed E-state index contributed by atoms with van der Waals surface area (Å²) in [5.74, 6) is 0.00984. The maximum absolute atomic E-state index is 12.4. The fourth-order valence-corrected chi connectivity index (χ4v) is 2.92. The van der Waals surface area contributed by atoms with Crippen molar-refractivity contribution in [2.24, 2.45) is 11.0 Å². The van der Waals surface area contributed by atoms with E-state index in [1.165, 1.54) is 0 Å². The number of aryl methyl sites for hydroxylation is 1. The second-order valence-corrected chi connectivity index (χ2v) is 6.64. The molecule has 3 rings (SSSR count). The second kappa shape index (κ2) is 8.99. The zero-order valence-electron chi connectivity index (χ0n) is 15.8. The molecule has 1 fully saturated rings. The smallest absolute Gasteiger partial charge is 0.245 e. The van der Waals surface area contributed by atoms with Gasteiger partial charge < -0.3 is 9.64 Å². The van der Waals surface area contributed by atoms with Crippen LogP contribution < -0.4 is 15.1 Å². The van der Waals surface area contributed by atoms with Crippen molar-refractivity contribution in [1.82, 2.24) is 5.43 Å². The Morgan fingerprint density at radius 2 is 1.96 bits per heavy atom. The third-order valence-corrected chi connectivity index (χ3v) is 4.48. The molecule has 0 aromatic heterocycles. The SMILES string of the molecule is C=CCOc1ccc(/C=N/NC(=O)[C@@H]2CC(=O)N(c3ccc(C)cc3)C2)cc1. The standard InChI is InChI=1S/C22H23N3O3/c1-3-12-28-20-10-6-17(7-11-20)14-23-24-22(27)18-13-21(26)25(15-18)19-8-4-16(2)5-9-19/h3-11,14,18H,1,12-13,15H2,2H3,(H,24,27)/b23-14+/t18-/m1/s1. The van der Waals surface area contributed by atoms with Crippen LogP contribution in [-0.4, -0.2) is 31.2 Å². The molecule has 6 nitrogen and oxygen atoms in total. The van der Waals surface area contributed by atoms with E-state index >= 15 is 0 Å². The number of carbonyl (C=O) groups is 2. The van der Waals surface area contributed by atoms with E-state index in [0.717, 1.165) is 22.6 Å². The first-order chi connectivity index (χ1) is 13.6. The molecule has 0 spiro atoms. The number of nitrogens with zero attached hydrogens (tertiary/aromatic N) is 2. The summed E-state index contributed by atoms with van der Waals surface area (Å²) in [5.41, 5.74) is 5.30. The molecule has 2 aromatic rings. The average Bonchev–Trinajstić information content (AvgIpc) is 3.09. The fourth-order valence-electron chi connectivity index (χ4n) is 2.92. The van der Waals surface area contributed by atoms with Crippen LogP contribution in [-0.2, 0) is 9.59 Å². The summed E-state index contributed by atoms with van der Waals surface area (Å²) >= 11 is 0. The average molecular weight is 377 g/mol. The Bertz CT molecular complexity index is 873. The monoisotopic (exact) mass is 377 g/mol. The molecule has 1 aliphatic rings. The van der Waals surface area contributed by atoms with Gasteiger partial charge in [0.1, 0.15) is 12.4 Å². The topological polar surface area (TPSA) is 71.0 Å². The summed E-state index contributed by atoms with van der Waals surface area (Å²) in [7, 11) is 0. The number of hydrogen-bond acceptors (Lipinski definition) is 4. The summed E-state index contributed by atoms with van der Waals surface area (Å²) in [6.45, 7) is 6.40. The van der Waals surface area contributed by atoms with Crippen molar-refractivity contribution in [3.63, 3.8) is 0 Å². The van der Waals surface area contributed by atoms with Gasteiger partial charge in [0.05, 0.1) is 12.1 Å². The highest BCUT2D eigenvalue weighted by molar-refractivity contribution is 6.00. The molecular weight excluding hydrogens is 354 g/mol. The molecule has 0 aliphatic carbocycles. The molecule has 0 radical (unpaired) electrons. The van der Waals surface area contributed by atoms with Crippen LogP contribution in [0, 0.1) is 12.8 Å². The van der Waals surface area contributed by atoms with E-state index in [1.807, 2.05) is 55.5 Å². The van der Waals surface area contributed by atoms with Crippen molar-refractivity contribution in [3.05, 3.63) is 72.3 Å². The lowest BCUT2D eigenvalue weighted by Gasteiger charge is -2.16. The summed E-state index contributed by atoms with van der Waals surface area (Å²) in [5, 5.41) is 4.00. The van der Waals surface area contributed by atoms with Crippen LogP contribution in [0.25, 0.3) is 0 Å². The third kappa shape index (κ3) is 4.85. The molecule has 1 N–H and O–H groups in total. The summed E-state index contributed by atoms with van der Waals surface area (Å²) in [6, 6.07) is 15.0. The number of benzene rings is 2. The van der Waals surface area contributed by atoms with E-state index < -0.39 is 5.92 Å². The highest BCUT2D eigenvalue weighted by Crippen LogP contribution is 2.25. The van der Waals surface area contributed by atoms with Crippen molar-refractivity contribution >= 4 is 23.7 Å². The lowest BCUT2D eigenvalue weighted by atomic mass is 10.1. The number of nitrogens with one attached hydrogen (secondary N) is 1. The minimum absolute atomic E-state index is 0.0527. The molecular formula is C22H23N3O3. The highest BCUT2D eigenvalue weighted by atomic mass is 16.5. The Morgan fingerprint density at radius 1 is 1.25 bits per heavy atom. The van der Waals surface area contributed by atoms with E-state index in [2.05, 4.69) is 17.1 Å². The van der Waals surface area contributed by atoms with Gasteiger partial charge in [0.25, 0.3) is 0 Å². The number of ether oxygens (including phenoxy) is 1. The lowest BCUT2D eigenvalue weighted by Crippen LogP contribution is -2.30. The summed E-state index contributed by atoms with van der Waals surface area (Å²) in [4.78, 5) is 26.3. The predicted octanol–water partition coefficient (Wildman–Crippen LogP) is 3.06. The van der Waals surface area contributed by atoms with Gasteiger partial charge in [-0.3, -0.25) is 9.59 Å². The second-order valence-electron chi connectivity index (χ2n) is 6.64. The largest absolute Gasteiger partial charge is 0.490 e. The van der Waals surface area contributed by atoms with Crippen molar-refractivity contribution in [2.45, 2.75) is 13.3 Å². The Balaban J connectivity index is 1.53. The Hall–Kier alpha value is -3.41. The zero-order chi connectivity index (χ0) is 19.9. The number of hydrogen-bond donors (Lipinski definition) is 1. The van der Waals surface area contributed by atoms with Crippen LogP contribution in [0.3, 0.4) is 0 Å². The van der Waals surface area contributed by atoms with Crippen LogP contribution >= 0.6 is 0 Å². The molecule has 1 aliphatic heterocycles. The summed E-state index contributed by atoms with van der Waals surface area (Å²) < 4.78 is 5.41. The van der Waals surface area contributed by atoms with E-state index in [4.69, 9.17) is 4.74 Å². The van der Waals surface area contributed by atoms with Gasteiger partial charge >= 0.3 is 0 Å². The molecule has 0 saturated carbocycles. The molecule has 1 atom stereocenters. The van der Waals surface area contributed by atoms with E-state index in [1.54, 1.807) is 17.2 Å². The van der Waals surface area contributed by atoms with Crippen molar-refractivity contribution in [3.8, 4) is 5.75 Å². The van der Waals surface area contributed by atoms with Crippen LogP contribution in [0.4, 0.5) is 5.69 Å². The van der Waals surface area contributed by atoms with E-state index in [0.29, 0.717) is 13.2 Å². The van der Waals surface area contributed by atoms with Crippen LogP contribution in [0.5, 0.6) is 5.75 Å².